The van der Waals surface area contributed by atoms with E-state index in [1.807, 2.05) is 30.3 Å². The first-order valence-corrected chi connectivity index (χ1v) is 11.1. The van der Waals surface area contributed by atoms with Crippen LogP contribution in [0.3, 0.4) is 0 Å². The van der Waals surface area contributed by atoms with E-state index in [1.165, 1.54) is 29.2 Å². The molecule has 2 atom stereocenters. The molecule has 0 aromatic heterocycles. The topological polar surface area (TPSA) is 53.9 Å². The van der Waals surface area contributed by atoms with E-state index < -0.39 is 23.8 Å². The monoisotopic (exact) mass is 463 g/mol. The first-order valence-electron chi connectivity index (χ1n) is 11.1. The summed E-state index contributed by atoms with van der Waals surface area (Å²) < 4.78 is 33.1. The molecule has 1 aliphatic heterocycles. The third-order valence-electron chi connectivity index (χ3n) is 5.39. The molecule has 1 N–H and O–H groups in total. The molecule has 3 aromatic rings. The van der Waals surface area contributed by atoms with E-state index in [0.29, 0.717) is 18.1 Å². The number of hydrogen-bond acceptors (Lipinski definition) is 3. The second-order valence-electron chi connectivity index (χ2n) is 9.15. The summed E-state index contributed by atoms with van der Waals surface area (Å²) in [6.45, 7) is 5.72. The summed E-state index contributed by atoms with van der Waals surface area (Å²) in [4.78, 5) is 19.6. The van der Waals surface area contributed by atoms with Gasteiger partial charge in [-0.15, -0.1) is 0 Å². The number of halogens is 2. The van der Waals surface area contributed by atoms with Gasteiger partial charge in [0.25, 0.3) is 0 Å². The SMILES string of the molecule is CC(C)(C)OC(=O)N1C(=NCc2ccccc2)N[C@H](c2ccc(F)cc2)[C@@H]1c1ccc(F)cc1. The number of ether oxygens (including phenoxy) is 1. The van der Waals surface area contributed by atoms with Crippen molar-refractivity contribution in [3.8, 4) is 0 Å². The molecule has 0 bridgehead atoms. The predicted molar refractivity (Wildman–Crippen MR) is 127 cm³/mol. The lowest BCUT2D eigenvalue weighted by atomic mass is 9.94. The lowest BCUT2D eigenvalue weighted by Gasteiger charge is -2.29. The highest BCUT2D eigenvalue weighted by atomic mass is 19.1. The number of hydrogen-bond donors (Lipinski definition) is 1. The zero-order valence-corrected chi connectivity index (χ0v) is 19.3. The van der Waals surface area contributed by atoms with Gasteiger partial charge >= 0.3 is 6.09 Å². The van der Waals surface area contributed by atoms with Crippen molar-refractivity contribution in [1.82, 2.24) is 10.2 Å². The maximum absolute atomic E-state index is 13.7. The van der Waals surface area contributed by atoms with Gasteiger partial charge in [-0.25, -0.2) is 23.5 Å². The van der Waals surface area contributed by atoms with Crippen LogP contribution in [0.25, 0.3) is 0 Å². The van der Waals surface area contributed by atoms with Crippen molar-refractivity contribution in [3.63, 3.8) is 0 Å². The second kappa shape index (κ2) is 9.63. The molecule has 0 saturated carbocycles. The fraction of sp³-hybridized carbons (Fsp3) is 0.259. The van der Waals surface area contributed by atoms with Crippen LogP contribution in [0.1, 0.15) is 49.5 Å². The molecule has 1 saturated heterocycles. The fourth-order valence-electron chi connectivity index (χ4n) is 3.89. The van der Waals surface area contributed by atoms with Crippen molar-refractivity contribution in [1.29, 1.82) is 0 Å². The average Bonchev–Trinajstić information content (AvgIpc) is 3.18. The highest BCUT2D eigenvalue weighted by Gasteiger charge is 2.45. The van der Waals surface area contributed by atoms with Crippen LogP contribution >= 0.6 is 0 Å². The smallest absolute Gasteiger partial charge is 0.417 e. The van der Waals surface area contributed by atoms with Crippen molar-refractivity contribution in [2.24, 2.45) is 4.99 Å². The number of guanidine groups is 1. The van der Waals surface area contributed by atoms with Crippen LogP contribution in [0.15, 0.2) is 83.9 Å². The first kappa shape index (κ1) is 23.4. The molecular weight excluding hydrogens is 436 g/mol. The van der Waals surface area contributed by atoms with E-state index >= 15 is 0 Å². The van der Waals surface area contributed by atoms with Gasteiger partial charge in [0.1, 0.15) is 17.2 Å². The van der Waals surface area contributed by atoms with E-state index in [-0.39, 0.29) is 11.6 Å². The highest BCUT2D eigenvalue weighted by Crippen LogP contribution is 2.40. The van der Waals surface area contributed by atoms with Gasteiger partial charge < -0.3 is 10.1 Å². The van der Waals surface area contributed by atoms with Gasteiger partial charge in [0, 0.05) is 0 Å². The molecule has 176 valence electrons. The van der Waals surface area contributed by atoms with Crippen molar-refractivity contribution in [2.45, 2.75) is 45.0 Å². The molecule has 0 spiro atoms. The zero-order chi connectivity index (χ0) is 24.3. The summed E-state index contributed by atoms with van der Waals surface area (Å²) in [6, 6.07) is 20.7. The Bertz CT molecular complexity index is 1160. The predicted octanol–water partition coefficient (Wildman–Crippen LogP) is 6.14. The molecule has 5 nitrogen and oxygen atoms in total. The molecule has 34 heavy (non-hydrogen) atoms. The number of nitrogens with one attached hydrogen (secondary N) is 1. The fourth-order valence-corrected chi connectivity index (χ4v) is 3.89. The number of nitrogens with zero attached hydrogens (tertiary/aromatic N) is 2. The Morgan fingerprint density at radius 3 is 2.03 bits per heavy atom. The van der Waals surface area contributed by atoms with Gasteiger partial charge in [0.15, 0.2) is 0 Å². The van der Waals surface area contributed by atoms with Crippen LogP contribution in [0.4, 0.5) is 13.6 Å². The number of carbonyl (C=O) groups excluding carboxylic acids is 1. The molecule has 1 fully saturated rings. The Balaban J connectivity index is 1.80. The summed E-state index contributed by atoms with van der Waals surface area (Å²) in [5.41, 5.74) is 1.70. The van der Waals surface area contributed by atoms with Gasteiger partial charge in [-0.3, -0.25) is 0 Å². The van der Waals surface area contributed by atoms with Crippen LogP contribution in [-0.4, -0.2) is 22.6 Å². The van der Waals surface area contributed by atoms with Gasteiger partial charge in [0.2, 0.25) is 5.96 Å². The van der Waals surface area contributed by atoms with Crippen molar-refractivity contribution in [3.05, 3.63) is 107 Å². The Kier molecular flexibility index (Phi) is 6.63. The Hall–Kier alpha value is -3.74. The quantitative estimate of drug-likeness (QED) is 0.505. The minimum Gasteiger partial charge on any atom is -0.443 e. The molecule has 3 aromatic carbocycles. The third kappa shape index (κ3) is 5.42. The minimum absolute atomic E-state index is 0.335. The lowest BCUT2D eigenvalue weighted by molar-refractivity contribution is 0.0320. The van der Waals surface area contributed by atoms with E-state index in [1.54, 1.807) is 45.0 Å². The van der Waals surface area contributed by atoms with E-state index in [9.17, 15) is 13.6 Å². The van der Waals surface area contributed by atoms with E-state index in [0.717, 1.165) is 11.1 Å². The van der Waals surface area contributed by atoms with E-state index in [2.05, 4.69) is 5.32 Å². The van der Waals surface area contributed by atoms with Gasteiger partial charge in [-0.1, -0.05) is 54.6 Å². The zero-order valence-electron chi connectivity index (χ0n) is 19.3. The number of rotatable bonds is 4. The Morgan fingerprint density at radius 2 is 1.47 bits per heavy atom. The average molecular weight is 464 g/mol. The number of carbonyl (C=O) groups is 1. The largest absolute Gasteiger partial charge is 0.443 e. The van der Waals surface area contributed by atoms with Gasteiger partial charge in [-0.2, -0.15) is 0 Å². The maximum atomic E-state index is 13.7. The summed E-state index contributed by atoms with van der Waals surface area (Å²) >= 11 is 0. The third-order valence-corrected chi connectivity index (χ3v) is 5.39. The summed E-state index contributed by atoms with van der Waals surface area (Å²) in [7, 11) is 0. The van der Waals surface area contributed by atoms with Crippen LogP contribution < -0.4 is 5.32 Å². The summed E-state index contributed by atoms with van der Waals surface area (Å²) in [5, 5.41) is 3.34. The molecule has 1 aliphatic rings. The van der Waals surface area contributed by atoms with Gasteiger partial charge in [-0.05, 0) is 61.7 Å². The van der Waals surface area contributed by atoms with Crippen molar-refractivity contribution < 1.29 is 18.3 Å². The first-order chi connectivity index (χ1) is 16.2. The molecule has 0 radical (unpaired) electrons. The van der Waals surface area contributed by atoms with Crippen LogP contribution in [0.5, 0.6) is 0 Å². The molecule has 0 aliphatic carbocycles. The van der Waals surface area contributed by atoms with Crippen LogP contribution in [0.2, 0.25) is 0 Å². The van der Waals surface area contributed by atoms with E-state index in [4.69, 9.17) is 9.73 Å². The molecule has 1 amide bonds. The number of benzene rings is 3. The van der Waals surface area contributed by atoms with Gasteiger partial charge in [0.05, 0.1) is 18.6 Å². The van der Waals surface area contributed by atoms with Crippen molar-refractivity contribution in [2.75, 3.05) is 0 Å². The Morgan fingerprint density at radius 1 is 0.912 bits per heavy atom. The second-order valence-corrected chi connectivity index (χ2v) is 9.15. The lowest BCUT2D eigenvalue weighted by Crippen LogP contribution is -2.41. The number of amides is 1. The summed E-state index contributed by atoms with van der Waals surface area (Å²) in [5.74, 6) is -0.404. The van der Waals surface area contributed by atoms with Crippen molar-refractivity contribution >= 4 is 12.1 Å². The van der Waals surface area contributed by atoms with Crippen LogP contribution in [-0.2, 0) is 11.3 Å². The molecule has 0 unspecified atom stereocenters. The normalized spacial score (nSPS) is 19.2. The summed E-state index contributed by atoms with van der Waals surface area (Å²) in [6.07, 6.45) is -0.578. The van der Waals surface area contributed by atoms with Crippen LogP contribution in [0, 0.1) is 11.6 Å². The standard InChI is InChI=1S/C27H27F2N3O2/c1-27(2,3)34-26(33)32-24(20-11-15-22(29)16-12-20)23(19-9-13-21(28)14-10-19)31-25(32)30-17-18-7-5-4-6-8-18/h4-16,23-24H,17H2,1-3H3,(H,30,31)/t23-,24+/m1/s1. The number of aliphatic imine (C=N–C) groups is 1. The molecule has 1 heterocycles. The molecular formula is C27H27F2N3O2. The Labute approximate surface area is 198 Å². The minimum atomic E-state index is -0.733. The molecule has 4 rings (SSSR count). The highest BCUT2D eigenvalue weighted by molar-refractivity contribution is 5.97. The maximum Gasteiger partial charge on any atom is 0.417 e. The molecule has 7 heteroatoms.